The highest BCUT2D eigenvalue weighted by molar-refractivity contribution is 7.47. The quantitative estimate of drug-likeness (QED) is 0.0169. The van der Waals surface area contributed by atoms with Gasteiger partial charge in [0.25, 0.3) is 0 Å². The Morgan fingerprint density at radius 3 is 1.01 bits per heavy atom. The summed E-state index contributed by atoms with van der Waals surface area (Å²) in [5, 5.41) is 10.6. The Labute approximate surface area is 535 Å². The monoisotopic (exact) mass is 1290 g/mol. The molecule has 6 atom stereocenters. The van der Waals surface area contributed by atoms with Gasteiger partial charge in [-0.3, -0.25) is 37.3 Å². The normalized spacial score (nSPS) is 14.7. The van der Waals surface area contributed by atoms with E-state index in [9.17, 15) is 43.2 Å². The molecule has 0 fully saturated rings. The fourth-order valence-corrected chi connectivity index (χ4v) is 11.4. The number of phosphoric ester groups is 2. The molecule has 0 spiro atoms. The third-order valence-corrected chi connectivity index (χ3v) is 17.5. The van der Waals surface area contributed by atoms with Crippen molar-refractivity contribution >= 4 is 39.5 Å². The Hall–Kier alpha value is -2.46. The van der Waals surface area contributed by atoms with Crippen molar-refractivity contribution in [2.75, 3.05) is 39.6 Å². The minimum Gasteiger partial charge on any atom is -0.462 e. The van der Waals surface area contributed by atoms with Gasteiger partial charge in [0.2, 0.25) is 0 Å². The minimum absolute atomic E-state index is 0.0834. The lowest BCUT2D eigenvalue weighted by molar-refractivity contribution is -0.161. The predicted molar refractivity (Wildman–Crippen MR) is 354 cm³/mol. The molecule has 0 saturated heterocycles. The Morgan fingerprint density at radius 1 is 0.375 bits per heavy atom. The van der Waals surface area contributed by atoms with E-state index in [2.05, 4.69) is 72.8 Å². The van der Waals surface area contributed by atoms with Gasteiger partial charge >= 0.3 is 39.5 Å². The zero-order chi connectivity index (χ0) is 65.2. The highest BCUT2D eigenvalue weighted by Crippen LogP contribution is 2.45. The van der Waals surface area contributed by atoms with Crippen LogP contribution in [0.25, 0.3) is 0 Å². The summed E-state index contributed by atoms with van der Waals surface area (Å²) < 4.78 is 68.1. The number of carbonyl (C=O) groups excluding carboxylic acids is 4. The maximum atomic E-state index is 13.0. The second kappa shape index (κ2) is 59.5. The molecule has 17 nitrogen and oxygen atoms in total. The van der Waals surface area contributed by atoms with Crippen LogP contribution in [0.2, 0.25) is 0 Å². The van der Waals surface area contributed by atoms with Crippen molar-refractivity contribution in [3.05, 3.63) is 24.3 Å². The van der Waals surface area contributed by atoms with Gasteiger partial charge in [0.05, 0.1) is 26.4 Å². The van der Waals surface area contributed by atoms with Crippen molar-refractivity contribution in [3.63, 3.8) is 0 Å². The van der Waals surface area contributed by atoms with E-state index in [-0.39, 0.29) is 25.7 Å². The average molecular weight is 1290 g/mol. The lowest BCUT2D eigenvalue weighted by atomic mass is 9.99. The lowest BCUT2D eigenvalue weighted by Crippen LogP contribution is -2.30. The molecule has 0 radical (unpaired) electrons. The summed E-state index contributed by atoms with van der Waals surface area (Å²) in [5.41, 5.74) is 0. The topological polar surface area (TPSA) is 237 Å². The number of phosphoric acid groups is 2. The summed E-state index contributed by atoms with van der Waals surface area (Å²) in [5.74, 6) is 0.0187. The van der Waals surface area contributed by atoms with Crippen molar-refractivity contribution in [1.29, 1.82) is 0 Å². The van der Waals surface area contributed by atoms with Crippen LogP contribution < -0.4 is 0 Å². The van der Waals surface area contributed by atoms with Crippen LogP contribution in [0.3, 0.4) is 0 Å². The molecule has 0 aliphatic rings. The first kappa shape index (κ1) is 85.5. The van der Waals surface area contributed by atoms with Crippen LogP contribution in [-0.2, 0) is 65.4 Å². The van der Waals surface area contributed by atoms with Gasteiger partial charge in [-0.25, -0.2) is 9.13 Å². The second-order valence-electron chi connectivity index (χ2n) is 25.4. The lowest BCUT2D eigenvalue weighted by Gasteiger charge is -2.21. The first-order valence-electron chi connectivity index (χ1n) is 35.2. The van der Waals surface area contributed by atoms with Crippen LogP contribution in [0.1, 0.15) is 318 Å². The Balaban J connectivity index is 5.28. The molecule has 0 saturated carbocycles. The van der Waals surface area contributed by atoms with Gasteiger partial charge in [-0.1, -0.05) is 265 Å². The van der Waals surface area contributed by atoms with Crippen LogP contribution in [-0.4, -0.2) is 96.7 Å². The van der Waals surface area contributed by atoms with Gasteiger partial charge < -0.3 is 33.8 Å². The molecule has 0 aromatic carbocycles. The second-order valence-corrected chi connectivity index (χ2v) is 28.3. The van der Waals surface area contributed by atoms with E-state index in [1.165, 1.54) is 103 Å². The smallest absolute Gasteiger partial charge is 0.462 e. The van der Waals surface area contributed by atoms with Gasteiger partial charge in [0, 0.05) is 25.7 Å². The van der Waals surface area contributed by atoms with Gasteiger partial charge in [-0.05, 0) is 69.1 Å². The Bertz CT molecular complexity index is 1830. The number of hydrogen-bond acceptors (Lipinski definition) is 15. The fourth-order valence-electron chi connectivity index (χ4n) is 9.79. The van der Waals surface area contributed by atoms with Gasteiger partial charge in [0.15, 0.2) is 12.2 Å². The van der Waals surface area contributed by atoms with Gasteiger partial charge in [-0.15, -0.1) is 0 Å². The summed E-state index contributed by atoms with van der Waals surface area (Å²) in [6.45, 7) is 11.6. The zero-order valence-corrected chi connectivity index (χ0v) is 58.5. The molecular formula is C69H130O17P2. The number of unbranched alkanes of at least 4 members (excludes halogenated alkanes) is 29. The third-order valence-electron chi connectivity index (χ3n) is 15.6. The largest absolute Gasteiger partial charge is 0.472 e. The summed E-state index contributed by atoms with van der Waals surface area (Å²) in [4.78, 5) is 72.4. The summed E-state index contributed by atoms with van der Waals surface area (Å²) in [7, 11) is -9.91. The highest BCUT2D eigenvalue weighted by Gasteiger charge is 2.30. The molecule has 19 heteroatoms. The van der Waals surface area contributed by atoms with Crippen LogP contribution in [0.5, 0.6) is 0 Å². The van der Waals surface area contributed by atoms with Crippen molar-refractivity contribution in [2.24, 2.45) is 17.8 Å². The number of aliphatic hydroxyl groups is 1. The molecule has 88 heavy (non-hydrogen) atoms. The summed E-state index contributed by atoms with van der Waals surface area (Å²) in [6, 6.07) is 0. The predicted octanol–water partition coefficient (Wildman–Crippen LogP) is 19.0. The molecule has 0 aliphatic heterocycles. The Kier molecular flexibility index (Phi) is 57.9. The van der Waals surface area contributed by atoms with Gasteiger partial charge in [0.1, 0.15) is 19.3 Å². The number of ether oxygens (including phenoxy) is 4. The SMILES string of the molecule is CCCCCC/C=C\C=C/CCCCCCCC(=O)O[C@H](COC(=O)CCCCCCCCC(C)C)COP(=O)(O)OC[C@H](O)COP(=O)(O)OC[C@@H](COC(=O)CCCCCCCCCC(C)C)OC(=O)CCCCCCCCCCCCC(C)CC. The van der Waals surface area contributed by atoms with Crippen LogP contribution in [0, 0.1) is 17.8 Å². The molecule has 0 aromatic heterocycles. The minimum atomic E-state index is -4.96. The Morgan fingerprint density at radius 2 is 0.670 bits per heavy atom. The van der Waals surface area contributed by atoms with Crippen molar-refractivity contribution in [1.82, 2.24) is 0 Å². The van der Waals surface area contributed by atoms with E-state index < -0.39 is 97.5 Å². The maximum Gasteiger partial charge on any atom is 0.472 e. The van der Waals surface area contributed by atoms with Crippen LogP contribution in [0.15, 0.2) is 24.3 Å². The molecule has 0 rings (SSSR count). The zero-order valence-electron chi connectivity index (χ0n) is 56.7. The van der Waals surface area contributed by atoms with E-state index >= 15 is 0 Å². The van der Waals surface area contributed by atoms with Gasteiger partial charge in [-0.2, -0.15) is 0 Å². The number of allylic oxidation sites excluding steroid dienone is 4. The number of carbonyl (C=O) groups is 4. The molecule has 0 bridgehead atoms. The summed E-state index contributed by atoms with van der Waals surface area (Å²) in [6.07, 6.45) is 45.4. The van der Waals surface area contributed by atoms with E-state index in [4.69, 9.17) is 37.0 Å². The van der Waals surface area contributed by atoms with Crippen LogP contribution in [0.4, 0.5) is 0 Å². The average Bonchev–Trinajstić information content (AvgIpc) is 3.52. The standard InChI is InChI=1S/C69H130O17P2/c1-8-10-11-12-13-14-15-16-17-18-19-23-28-38-45-52-68(73)86-65(57-80-67(72)51-44-37-32-31-34-41-48-61(5)6)59-84-88(77,78)82-55-63(70)54-81-87(75,76)83-58-64(56-79-66(71)50-43-36-30-25-26-33-40-47-60(3)4)85-69(74)53-46-39-29-24-21-20-22-27-35-42-49-62(7)9-2/h14-17,60-65,70H,8-13,18-59H2,1-7H3,(H,75,76)(H,77,78)/b15-14-,17-16-/t62?,63-,64-,65-/m1/s1. The first-order valence-corrected chi connectivity index (χ1v) is 38.2. The van der Waals surface area contributed by atoms with Crippen LogP contribution >= 0.6 is 15.6 Å². The molecule has 0 aliphatic carbocycles. The van der Waals surface area contributed by atoms with Crippen molar-refractivity contribution in [2.45, 2.75) is 336 Å². The molecule has 3 unspecified atom stereocenters. The molecule has 518 valence electrons. The number of hydrogen-bond donors (Lipinski definition) is 3. The number of aliphatic hydroxyl groups excluding tert-OH is 1. The number of rotatable bonds is 65. The first-order chi connectivity index (χ1) is 42.3. The number of esters is 4. The molecule has 3 N–H and O–H groups in total. The maximum absolute atomic E-state index is 13.0. The third kappa shape index (κ3) is 61.1. The molecule has 0 aromatic rings. The highest BCUT2D eigenvalue weighted by atomic mass is 31.2. The summed E-state index contributed by atoms with van der Waals surface area (Å²) >= 11 is 0. The molecule has 0 amide bonds. The van der Waals surface area contributed by atoms with Crippen molar-refractivity contribution < 1.29 is 80.2 Å². The van der Waals surface area contributed by atoms with E-state index in [1.54, 1.807) is 0 Å². The van der Waals surface area contributed by atoms with E-state index in [0.29, 0.717) is 37.5 Å². The van der Waals surface area contributed by atoms with E-state index in [1.807, 2.05) is 0 Å². The van der Waals surface area contributed by atoms with E-state index in [0.717, 1.165) is 121 Å². The fraction of sp³-hybridized carbons (Fsp3) is 0.884. The molecule has 0 heterocycles. The molecular weight excluding hydrogens is 1160 g/mol. The van der Waals surface area contributed by atoms with Crippen molar-refractivity contribution in [3.8, 4) is 0 Å².